The molecule has 3 heteroatoms. The average Bonchev–Trinajstić information content (AvgIpc) is 2.36. The number of anilines is 4. The first-order chi connectivity index (χ1) is 8.97. The van der Waals surface area contributed by atoms with Crippen molar-refractivity contribution in [3.05, 3.63) is 47.5 Å². The van der Waals surface area contributed by atoms with Crippen molar-refractivity contribution in [2.45, 2.75) is 13.8 Å². The van der Waals surface area contributed by atoms with Gasteiger partial charge in [-0.1, -0.05) is 12.1 Å². The van der Waals surface area contributed by atoms with E-state index in [1.807, 2.05) is 26.2 Å². The predicted molar refractivity (Wildman–Crippen MR) is 84.4 cm³/mol. The molecule has 0 spiro atoms. The molecule has 2 aromatic carbocycles. The quantitative estimate of drug-likeness (QED) is 0.822. The molecule has 0 aliphatic heterocycles. The molecule has 2 aromatic rings. The van der Waals surface area contributed by atoms with Gasteiger partial charge in [-0.25, -0.2) is 0 Å². The van der Waals surface area contributed by atoms with E-state index in [1.54, 1.807) is 0 Å². The van der Waals surface area contributed by atoms with E-state index in [9.17, 15) is 0 Å². The topological polar surface area (TPSA) is 41.3 Å². The Hall–Kier alpha value is -2.16. The summed E-state index contributed by atoms with van der Waals surface area (Å²) in [5.74, 6) is 0. The third kappa shape index (κ3) is 2.99. The lowest BCUT2D eigenvalue weighted by Gasteiger charge is -2.18. The minimum atomic E-state index is 0.762. The zero-order chi connectivity index (χ0) is 14.0. The molecule has 0 saturated heterocycles. The Morgan fingerprint density at radius 1 is 1.00 bits per heavy atom. The summed E-state index contributed by atoms with van der Waals surface area (Å²) in [4.78, 5) is 2.11. The van der Waals surface area contributed by atoms with E-state index in [4.69, 9.17) is 5.73 Å². The van der Waals surface area contributed by atoms with E-state index in [-0.39, 0.29) is 0 Å². The summed E-state index contributed by atoms with van der Waals surface area (Å²) in [6, 6.07) is 12.3. The molecule has 3 N–H and O–H groups in total. The van der Waals surface area contributed by atoms with Crippen molar-refractivity contribution < 1.29 is 0 Å². The standard InChI is InChI=1S/C16H21N3/c1-11-5-8-14(17)15(9-11)18-13-7-6-12(2)16(10-13)19(3)4/h5-10,18H,17H2,1-4H3. The van der Waals surface area contributed by atoms with Crippen LogP contribution >= 0.6 is 0 Å². The molecular formula is C16H21N3. The van der Waals surface area contributed by atoms with Gasteiger partial charge in [0.1, 0.15) is 0 Å². The summed E-state index contributed by atoms with van der Waals surface area (Å²) in [6.07, 6.45) is 0. The van der Waals surface area contributed by atoms with Crippen molar-refractivity contribution in [3.8, 4) is 0 Å². The molecule has 0 aliphatic rings. The van der Waals surface area contributed by atoms with Crippen LogP contribution in [0.5, 0.6) is 0 Å². The van der Waals surface area contributed by atoms with Gasteiger partial charge in [0.15, 0.2) is 0 Å². The lowest BCUT2D eigenvalue weighted by atomic mass is 10.1. The Balaban J connectivity index is 2.33. The Kier molecular flexibility index (Phi) is 3.65. The van der Waals surface area contributed by atoms with Crippen LogP contribution in [0, 0.1) is 13.8 Å². The van der Waals surface area contributed by atoms with Crippen LogP contribution in [0.1, 0.15) is 11.1 Å². The van der Waals surface area contributed by atoms with E-state index >= 15 is 0 Å². The summed E-state index contributed by atoms with van der Waals surface area (Å²) in [5.41, 5.74) is 12.4. The number of hydrogen-bond acceptors (Lipinski definition) is 3. The van der Waals surface area contributed by atoms with Crippen molar-refractivity contribution in [3.63, 3.8) is 0 Å². The van der Waals surface area contributed by atoms with E-state index in [0.717, 1.165) is 17.1 Å². The van der Waals surface area contributed by atoms with Crippen LogP contribution in [0.2, 0.25) is 0 Å². The Morgan fingerprint density at radius 2 is 1.74 bits per heavy atom. The molecule has 2 rings (SSSR count). The number of nitrogens with one attached hydrogen (secondary N) is 1. The number of nitrogens with two attached hydrogens (primary N) is 1. The zero-order valence-electron chi connectivity index (χ0n) is 12.0. The van der Waals surface area contributed by atoms with Crippen LogP contribution in [0.3, 0.4) is 0 Å². The fraction of sp³-hybridized carbons (Fsp3) is 0.250. The fourth-order valence-corrected chi connectivity index (χ4v) is 2.10. The van der Waals surface area contributed by atoms with Crippen molar-refractivity contribution in [1.29, 1.82) is 0 Å². The predicted octanol–water partition coefficient (Wildman–Crippen LogP) is 3.70. The molecule has 0 bridgehead atoms. The molecule has 0 atom stereocenters. The molecule has 0 aliphatic carbocycles. The zero-order valence-corrected chi connectivity index (χ0v) is 12.0. The molecule has 0 saturated carbocycles. The highest BCUT2D eigenvalue weighted by molar-refractivity contribution is 5.75. The molecule has 0 unspecified atom stereocenters. The number of benzene rings is 2. The second kappa shape index (κ2) is 5.22. The number of nitrogen functional groups attached to an aromatic ring is 1. The maximum absolute atomic E-state index is 5.99. The number of rotatable bonds is 3. The summed E-state index contributed by atoms with van der Waals surface area (Å²) in [5, 5.41) is 3.38. The second-order valence-corrected chi connectivity index (χ2v) is 5.11. The minimum Gasteiger partial charge on any atom is -0.397 e. The molecule has 0 fully saturated rings. The molecule has 0 radical (unpaired) electrons. The van der Waals surface area contributed by atoms with Gasteiger partial charge in [-0.15, -0.1) is 0 Å². The first-order valence-corrected chi connectivity index (χ1v) is 6.38. The first-order valence-electron chi connectivity index (χ1n) is 6.38. The highest BCUT2D eigenvalue weighted by Crippen LogP contribution is 2.28. The largest absolute Gasteiger partial charge is 0.397 e. The molecule has 0 heterocycles. The van der Waals surface area contributed by atoms with Gasteiger partial charge in [0.05, 0.1) is 11.4 Å². The second-order valence-electron chi connectivity index (χ2n) is 5.11. The molecule has 0 amide bonds. The maximum atomic E-state index is 5.99. The van der Waals surface area contributed by atoms with E-state index in [2.05, 4.69) is 48.3 Å². The van der Waals surface area contributed by atoms with Crippen LogP contribution < -0.4 is 16.0 Å². The first kappa shape index (κ1) is 13.3. The van der Waals surface area contributed by atoms with Gasteiger partial charge in [0.2, 0.25) is 0 Å². The van der Waals surface area contributed by atoms with E-state index < -0.39 is 0 Å². The van der Waals surface area contributed by atoms with Crippen LogP contribution in [-0.4, -0.2) is 14.1 Å². The van der Waals surface area contributed by atoms with Gasteiger partial charge in [-0.05, 0) is 49.2 Å². The molecular weight excluding hydrogens is 234 g/mol. The molecule has 3 nitrogen and oxygen atoms in total. The van der Waals surface area contributed by atoms with Gasteiger partial charge >= 0.3 is 0 Å². The summed E-state index contributed by atoms with van der Waals surface area (Å²) >= 11 is 0. The number of nitrogens with zero attached hydrogens (tertiary/aromatic N) is 1. The van der Waals surface area contributed by atoms with Gasteiger partial charge in [0.25, 0.3) is 0 Å². The number of aryl methyl sites for hydroxylation is 2. The monoisotopic (exact) mass is 255 g/mol. The smallest absolute Gasteiger partial charge is 0.0620 e. The molecule has 19 heavy (non-hydrogen) atoms. The SMILES string of the molecule is Cc1ccc(N)c(Nc2ccc(C)c(N(C)C)c2)c1. The maximum Gasteiger partial charge on any atom is 0.0620 e. The molecule has 0 aromatic heterocycles. The number of hydrogen-bond donors (Lipinski definition) is 2. The highest BCUT2D eigenvalue weighted by atomic mass is 15.1. The van der Waals surface area contributed by atoms with Gasteiger partial charge in [-0.2, -0.15) is 0 Å². The summed E-state index contributed by atoms with van der Waals surface area (Å²) in [6.45, 7) is 4.17. The normalized spacial score (nSPS) is 10.3. The Bertz CT molecular complexity index is 589. The van der Waals surface area contributed by atoms with Crippen LogP contribution in [0.4, 0.5) is 22.7 Å². The minimum absolute atomic E-state index is 0.762. The van der Waals surface area contributed by atoms with Gasteiger partial charge in [-0.3, -0.25) is 0 Å². The van der Waals surface area contributed by atoms with Crippen molar-refractivity contribution in [1.82, 2.24) is 0 Å². The highest BCUT2D eigenvalue weighted by Gasteiger charge is 2.04. The summed E-state index contributed by atoms with van der Waals surface area (Å²) in [7, 11) is 4.10. The summed E-state index contributed by atoms with van der Waals surface area (Å²) < 4.78 is 0. The Labute approximate surface area is 115 Å². The van der Waals surface area contributed by atoms with Crippen molar-refractivity contribution in [2.24, 2.45) is 0 Å². The van der Waals surface area contributed by atoms with Crippen LogP contribution in [0.15, 0.2) is 36.4 Å². The lowest BCUT2D eigenvalue weighted by molar-refractivity contribution is 1.11. The molecule has 100 valence electrons. The third-order valence-corrected chi connectivity index (χ3v) is 3.18. The third-order valence-electron chi connectivity index (χ3n) is 3.18. The van der Waals surface area contributed by atoms with Crippen LogP contribution in [-0.2, 0) is 0 Å². The average molecular weight is 255 g/mol. The Morgan fingerprint density at radius 3 is 2.42 bits per heavy atom. The van der Waals surface area contributed by atoms with Gasteiger partial charge < -0.3 is 16.0 Å². The van der Waals surface area contributed by atoms with E-state index in [1.165, 1.54) is 16.8 Å². The van der Waals surface area contributed by atoms with Crippen LogP contribution in [0.25, 0.3) is 0 Å². The lowest BCUT2D eigenvalue weighted by Crippen LogP contribution is -2.10. The van der Waals surface area contributed by atoms with Crippen molar-refractivity contribution >= 4 is 22.7 Å². The van der Waals surface area contributed by atoms with Crippen molar-refractivity contribution in [2.75, 3.05) is 30.0 Å². The van der Waals surface area contributed by atoms with E-state index in [0.29, 0.717) is 0 Å². The van der Waals surface area contributed by atoms with Gasteiger partial charge in [0, 0.05) is 25.5 Å². The fourth-order valence-electron chi connectivity index (χ4n) is 2.10.